The monoisotopic (exact) mass is 649 g/mol. The summed E-state index contributed by atoms with van der Waals surface area (Å²) in [5.41, 5.74) is 4.69. The average molecular weight is 650 g/mol. The molecule has 4 rings (SSSR count). The molecule has 2 amide bonds. The molecule has 0 spiro atoms. The predicted molar refractivity (Wildman–Crippen MR) is 155 cm³/mol. The SMILES string of the molecule is COC1=C(C(=O)OCc2ccc([N+](=O)[O-])cc2)N2C(=O)C(NC(=O)C(=NOCC(=O)OC(C)(C)C)c3nsc(N)n3)[C@@H]2SC1. The first kappa shape index (κ1) is 32.1. The number of hydrogen-bond donors (Lipinski definition) is 2. The van der Waals surface area contributed by atoms with Crippen LogP contribution >= 0.6 is 23.3 Å². The highest BCUT2D eigenvalue weighted by Crippen LogP contribution is 2.41. The Morgan fingerprint density at radius 1 is 1.25 bits per heavy atom. The quantitative estimate of drug-likeness (QED) is 0.114. The van der Waals surface area contributed by atoms with Gasteiger partial charge in [-0.15, -0.1) is 11.8 Å². The number of thioether (sulfide) groups is 1. The van der Waals surface area contributed by atoms with Crippen LogP contribution in [0.25, 0.3) is 0 Å². The second kappa shape index (κ2) is 13.2. The first-order valence-corrected chi connectivity index (χ1v) is 14.6. The van der Waals surface area contributed by atoms with Crippen LogP contribution in [0.15, 0.2) is 40.9 Å². The van der Waals surface area contributed by atoms with Gasteiger partial charge in [-0.25, -0.2) is 9.59 Å². The predicted octanol–water partition coefficient (Wildman–Crippen LogP) is 1.09. The van der Waals surface area contributed by atoms with E-state index in [1.54, 1.807) is 20.8 Å². The van der Waals surface area contributed by atoms with Gasteiger partial charge in [0.05, 0.1) is 17.8 Å². The number of methoxy groups -OCH3 is 1. The lowest BCUT2D eigenvalue weighted by atomic mass is 10.0. The number of anilines is 1. The Labute approximate surface area is 258 Å². The van der Waals surface area contributed by atoms with Crippen LogP contribution in [0.1, 0.15) is 32.2 Å². The van der Waals surface area contributed by atoms with Crippen molar-refractivity contribution in [2.24, 2.45) is 5.16 Å². The number of carbonyl (C=O) groups excluding carboxylic acids is 4. The van der Waals surface area contributed by atoms with Crippen LogP contribution in [0.4, 0.5) is 10.8 Å². The minimum absolute atomic E-state index is 0.0375. The third-order valence-electron chi connectivity index (χ3n) is 5.80. The van der Waals surface area contributed by atoms with E-state index in [1.165, 1.54) is 43.1 Å². The summed E-state index contributed by atoms with van der Waals surface area (Å²) in [6, 6.07) is 4.35. The third kappa shape index (κ3) is 7.40. The highest BCUT2D eigenvalue weighted by atomic mass is 32.2. The molecule has 2 aliphatic heterocycles. The van der Waals surface area contributed by atoms with Gasteiger partial charge in [0.15, 0.2) is 10.8 Å². The zero-order valence-corrected chi connectivity index (χ0v) is 25.4. The minimum atomic E-state index is -1.09. The molecule has 0 bridgehead atoms. The van der Waals surface area contributed by atoms with Crippen LogP contribution in [-0.4, -0.2) is 85.1 Å². The summed E-state index contributed by atoms with van der Waals surface area (Å²) in [5, 5.41) is 16.5. The van der Waals surface area contributed by atoms with E-state index < -0.39 is 58.0 Å². The van der Waals surface area contributed by atoms with Crippen molar-refractivity contribution in [3.63, 3.8) is 0 Å². The van der Waals surface area contributed by atoms with Gasteiger partial charge in [-0.2, -0.15) is 9.36 Å². The number of aromatic nitrogens is 2. The number of nitrogens with zero attached hydrogens (tertiary/aromatic N) is 5. The van der Waals surface area contributed by atoms with Crippen molar-refractivity contribution in [2.45, 2.75) is 44.4 Å². The number of rotatable bonds is 11. The van der Waals surface area contributed by atoms with E-state index >= 15 is 0 Å². The molecule has 0 saturated carbocycles. The maximum absolute atomic E-state index is 13.2. The lowest BCUT2D eigenvalue weighted by Gasteiger charge is -2.49. The van der Waals surface area contributed by atoms with Gasteiger partial charge < -0.3 is 30.1 Å². The molecule has 1 saturated heterocycles. The highest BCUT2D eigenvalue weighted by molar-refractivity contribution is 8.00. The van der Waals surface area contributed by atoms with Crippen molar-refractivity contribution < 1.29 is 43.1 Å². The smallest absolute Gasteiger partial charge is 0.358 e. The van der Waals surface area contributed by atoms with Crippen molar-refractivity contribution in [3.05, 3.63) is 57.2 Å². The highest BCUT2D eigenvalue weighted by Gasteiger charge is 2.55. The first-order valence-electron chi connectivity index (χ1n) is 12.7. The minimum Gasteiger partial charge on any atom is -0.498 e. The number of non-ortho nitro benzene ring substituents is 1. The van der Waals surface area contributed by atoms with Crippen molar-refractivity contribution >= 4 is 63.6 Å². The van der Waals surface area contributed by atoms with E-state index in [4.69, 9.17) is 24.8 Å². The summed E-state index contributed by atoms with van der Waals surface area (Å²) >= 11 is 2.03. The molecule has 1 fully saturated rings. The molecule has 2 aliphatic rings. The first-order chi connectivity index (χ1) is 20.8. The number of carbonyl (C=O) groups is 4. The number of nitrogens with two attached hydrogens (primary N) is 1. The molecule has 19 heteroatoms. The number of esters is 2. The zero-order chi connectivity index (χ0) is 32.2. The number of nitro groups is 1. The molecule has 2 atom stereocenters. The number of nitro benzene ring substituents is 1. The molecular formula is C25H27N7O10S2. The molecule has 17 nitrogen and oxygen atoms in total. The van der Waals surface area contributed by atoms with Crippen molar-refractivity contribution in [1.82, 2.24) is 19.6 Å². The van der Waals surface area contributed by atoms with Gasteiger partial charge in [0.2, 0.25) is 18.1 Å². The number of amides is 2. The van der Waals surface area contributed by atoms with E-state index in [1.807, 2.05) is 0 Å². The van der Waals surface area contributed by atoms with E-state index in [-0.39, 0.29) is 40.5 Å². The van der Waals surface area contributed by atoms with E-state index in [0.29, 0.717) is 5.56 Å². The number of oxime groups is 1. The Bertz CT molecular complexity index is 1530. The summed E-state index contributed by atoms with van der Waals surface area (Å²) in [6.07, 6.45) is 0. The van der Waals surface area contributed by atoms with Gasteiger partial charge in [0.1, 0.15) is 29.4 Å². The van der Waals surface area contributed by atoms with Gasteiger partial charge in [0, 0.05) is 23.7 Å². The summed E-state index contributed by atoms with van der Waals surface area (Å²) < 4.78 is 19.8. The van der Waals surface area contributed by atoms with Gasteiger partial charge in [-0.1, -0.05) is 5.16 Å². The number of β-lactam (4-membered cyclic amide) rings is 1. The van der Waals surface area contributed by atoms with Gasteiger partial charge >= 0.3 is 11.9 Å². The van der Waals surface area contributed by atoms with Crippen LogP contribution in [0.5, 0.6) is 0 Å². The molecule has 1 aromatic heterocycles. The lowest BCUT2D eigenvalue weighted by molar-refractivity contribution is -0.384. The van der Waals surface area contributed by atoms with Crippen LogP contribution in [0.3, 0.4) is 0 Å². The van der Waals surface area contributed by atoms with Gasteiger partial charge in [0.25, 0.3) is 17.5 Å². The Morgan fingerprint density at radius 2 is 1.95 bits per heavy atom. The standard InChI is InChI=1S/C25H27N7O10S2/c1-25(2,3)42-15(33)10-41-29-16(19-28-24(26)44-30-19)20(34)27-17-21(35)31-18(14(39-4)11-43-22(17)31)23(36)40-9-12-5-7-13(8-6-12)32(37)38/h5-8,17,22H,9-11H2,1-4H3,(H,27,34)(H2,26,28,30)/t17?,22-/m0/s1. The summed E-state index contributed by atoms with van der Waals surface area (Å²) in [7, 11) is 1.34. The summed E-state index contributed by atoms with van der Waals surface area (Å²) in [4.78, 5) is 72.0. The van der Waals surface area contributed by atoms with E-state index in [2.05, 4.69) is 19.8 Å². The number of fused-ring (bicyclic) bond motifs is 1. The molecule has 1 unspecified atom stereocenters. The van der Waals surface area contributed by atoms with Crippen molar-refractivity contribution in [1.29, 1.82) is 0 Å². The maximum Gasteiger partial charge on any atom is 0.358 e. The molecule has 234 valence electrons. The lowest BCUT2D eigenvalue weighted by Crippen LogP contribution is -2.71. The number of nitrogens with one attached hydrogen (secondary N) is 1. The summed E-state index contributed by atoms with van der Waals surface area (Å²) in [5.74, 6) is -2.93. The number of hydrogen-bond acceptors (Lipinski definition) is 16. The zero-order valence-electron chi connectivity index (χ0n) is 23.8. The maximum atomic E-state index is 13.2. The molecule has 44 heavy (non-hydrogen) atoms. The second-order valence-corrected chi connectivity index (χ2v) is 12.0. The van der Waals surface area contributed by atoms with Crippen LogP contribution < -0.4 is 11.1 Å². The molecular weight excluding hydrogens is 622 g/mol. The second-order valence-electron chi connectivity index (χ2n) is 10.1. The van der Waals surface area contributed by atoms with Crippen molar-refractivity contribution in [3.8, 4) is 0 Å². The van der Waals surface area contributed by atoms with Crippen molar-refractivity contribution in [2.75, 3.05) is 25.2 Å². The van der Waals surface area contributed by atoms with Crippen LogP contribution in [0.2, 0.25) is 0 Å². The molecule has 0 aliphatic carbocycles. The largest absolute Gasteiger partial charge is 0.498 e. The Morgan fingerprint density at radius 3 is 2.55 bits per heavy atom. The molecule has 1 aromatic carbocycles. The fraction of sp³-hybridized carbons (Fsp3) is 0.400. The Kier molecular flexibility index (Phi) is 9.68. The topological polar surface area (TPSA) is 228 Å². The fourth-order valence-electron chi connectivity index (χ4n) is 3.91. The van der Waals surface area contributed by atoms with E-state index in [9.17, 15) is 29.3 Å². The fourth-order valence-corrected chi connectivity index (χ4v) is 5.66. The van der Waals surface area contributed by atoms with Gasteiger partial charge in [-0.3, -0.25) is 24.6 Å². The molecule has 2 aromatic rings. The molecule has 3 heterocycles. The Hall–Kier alpha value is -4.78. The van der Waals surface area contributed by atoms with E-state index in [0.717, 1.165) is 16.4 Å². The van der Waals surface area contributed by atoms with Crippen LogP contribution in [0, 0.1) is 10.1 Å². The summed E-state index contributed by atoms with van der Waals surface area (Å²) in [6.45, 7) is 4.19. The number of benzene rings is 1. The normalized spacial score (nSPS) is 18.1. The van der Waals surface area contributed by atoms with Gasteiger partial charge in [-0.05, 0) is 38.5 Å². The Balaban J connectivity index is 1.45. The molecule has 0 radical (unpaired) electrons. The average Bonchev–Trinajstić information content (AvgIpc) is 3.40. The number of nitrogen functional groups attached to an aromatic ring is 1. The van der Waals surface area contributed by atoms with Crippen LogP contribution in [-0.2, 0) is 44.8 Å². The molecule has 3 N–H and O–H groups in total. The number of ether oxygens (including phenoxy) is 3. The third-order valence-corrected chi connectivity index (χ3v) is 7.60.